The Morgan fingerprint density at radius 3 is 2.64 bits per heavy atom. The van der Waals surface area contributed by atoms with Gasteiger partial charge >= 0.3 is 5.97 Å². The second kappa shape index (κ2) is 9.54. The van der Waals surface area contributed by atoms with E-state index in [1.54, 1.807) is 37.3 Å². The summed E-state index contributed by atoms with van der Waals surface area (Å²) in [6.45, 7) is 6.07. The first kappa shape index (κ1) is 22.7. The van der Waals surface area contributed by atoms with Crippen molar-refractivity contribution in [3.05, 3.63) is 87.8 Å². The third kappa shape index (κ3) is 4.80. The molecule has 0 bridgehead atoms. The zero-order valence-electron chi connectivity index (χ0n) is 18.5. The lowest BCUT2D eigenvalue weighted by Gasteiger charge is -2.13. The summed E-state index contributed by atoms with van der Waals surface area (Å²) >= 11 is 1.31. The number of aryl methyl sites for hydroxylation is 1. The summed E-state index contributed by atoms with van der Waals surface area (Å²) < 4.78 is 21.0. The van der Waals surface area contributed by atoms with Crippen LogP contribution in [0.4, 0.5) is 10.1 Å². The molecule has 0 spiro atoms. The molecule has 1 atom stereocenters. The summed E-state index contributed by atoms with van der Waals surface area (Å²) in [5.74, 6) is -0.932. The number of aromatic nitrogens is 1. The van der Waals surface area contributed by atoms with Gasteiger partial charge in [0.25, 0.3) is 5.91 Å². The van der Waals surface area contributed by atoms with E-state index < -0.39 is 5.50 Å². The fourth-order valence-electron chi connectivity index (χ4n) is 3.72. The van der Waals surface area contributed by atoms with E-state index >= 15 is 0 Å². The molecule has 2 heterocycles. The number of nitrogens with zero attached hydrogens (tertiary/aromatic N) is 1. The van der Waals surface area contributed by atoms with Crippen LogP contribution in [0, 0.1) is 19.7 Å². The molecule has 170 valence electrons. The summed E-state index contributed by atoms with van der Waals surface area (Å²) in [6.07, 6.45) is 1.84. The number of benzene rings is 2. The quantitative estimate of drug-likeness (QED) is 0.396. The summed E-state index contributed by atoms with van der Waals surface area (Å²) in [6, 6.07) is 15.6. The lowest BCUT2D eigenvalue weighted by molar-refractivity contribution is -0.116. The average Bonchev–Trinajstić information content (AvgIpc) is 3.28. The number of ether oxygens (including phenoxy) is 1. The second-order valence-electron chi connectivity index (χ2n) is 7.53. The lowest BCUT2D eigenvalue weighted by Crippen LogP contribution is -2.31. The number of anilines is 1. The maximum absolute atomic E-state index is 13.9. The molecule has 1 unspecified atom stereocenters. The van der Waals surface area contributed by atoms with Gasteiger partial charge in [0.05, 0.1) is 22.8 Å². The van der Waals surface area contributed by atoms with E-state index in [-0.39, 0.29) is 17.7 Å². The van der Waals surface area contributed by atoms with Crippen LogP contribution in [-0.2, 0) is 9.53 Å². The van der Waals surface area contributed by atoms with Gasteiger partial charge in [0.1, 0.15) is 5.82 Å². The maximum Gasteiger partial charge on any atom is 0.338 e. The molecule has 4 rings (SSSR count). The van der Waals surface area contributed by atoms with E-state index in [9.17, 15) is 14.0 Å². The van der Waals surface area contributed by atoms with Gasteiger partial charge in [-0.05, 0) is 74.9 Å². The fourth-order valence-corrected chi connectivity index (χ4v) is 4.68. The van der Waals surface area contributed by atoms with Crippen molar-refractivity contribution in [1.82, 2.24) is 9.88 Å². The van der Waals surface area contributed by atoms with Crippen LogP contribution < -0.4 is 10.6 Å². The van der Waals surface area contributed by atoms with Gasteiger partial charge in [-0.3, -0.25) is 4.79 Å². The normalized spacial score (nSPS) is 16.7. The molecule has 1 aliphatic heterocycles. The summed E-state index contributed by atoms with van der Waals surface area (Å²) in [5.41, 5.74) is 4.14. The van der Waals surface area contributed by atoms with Crippen LogP contribution in [0.15, 0.2) is 59.5 Å². The van der Waals surface area contributed by atoms with Gasteiger partial charge in [-0.2, -0.15) is 0 Å². The maximum atomic E-state index is 13.9. The number of amides is 1. The highest BCUT2D eigenvalue weighted by Crippen LogP contribution is 2.32. The van der Waals surface area contributed by atoms with Crippen LogP contribution in [-0.4, -0.2) is 28.5 Å². The molecule has 6 nitrogen and oxygen atoms in total. The fraction of sp³-hybridized carbons (Fsp3) is 0.200. The average molecular weight is 466 g/mol. The summed E-state index contributed by atoms with van der Waals surface area (Å²) in [4.78, 5) is 25.0. The number of carbonyl (C=O) groups excluding carboxylic acids is 2. The standard InChI is InChI=1S/C25H24FN3O3S/c1-4-32-24(31)17-9-11-19(12-10-17)29-15(2)13-18(16(29)3)14-22-23(30)28-25(33-22)27-21-8-6-5-7-20(21)26/h5-14,25,27H,4H2,1-3H3,(H,28,30)/b22-14-. The third-order valence-corrected chi connectivity index (χ3v) is 6.31. The Hall–Kier alpha value is -3.52. The highest BCUT2D eigenvalue weighted by molar-refractivity contribution is 8.05. The molecule has 2 aromatic carbocycles. The Labute approximate surface area is 195 Å². The molecule has 1 saturated heterocycles. The predicted octanol–water partition coefficient (Wildman–Crippen LogP) is 5.01. The van der Waals surface area contributed by atoms with Gasteiger partial charge in [0.15, 0.2) is 5.50 Å². The van der Waals surface area contributed by atoms with Crippen molar-refractivity contribution >= 4 is 35.4 Å². The van der Waals surface area contributed by atoms with E-state index in [4.69, 9.17) is 4.74 Å². The SMILES string of the molecule is CCOC(=O)c1ccc(-n2c(C)cc(/C=C3\SC(Nc4ccccc4F)NC3=O)c2C)cc1. The molecule has 1 aromatic heterocycles. The van der Waals surface area contributed by atoms with E-state index in [2.05, 4.69) is 15.2 Å². The second-order valence-corrected chi connectivity index (χ2v) is 8.68. The number of halogens is 1. The Morgan fingerprint density at radius 1 is 1.21 bits per heavy atom. The topological polar surface area (TPSA) is 72.4 Å². The Balaban J connectivity index is 1.55. The first-order valence-electron chi connectivity index (χ1n) is 10.5. The first-order chi connectivity index (χ1) is 15.9. The molecular weight excluding hydrogens is 441 g/mol. The van der Waals surface area contributed by atoms with Crippen molar-refractivity contribution in [1.29, 1.82) is 0 Å². The van der Waals surface area contributed by atoms with Gasteiger partial charge in [-0.1, -0.05) is 23.9 Å². The van der Waals surface area contributed by atoms with Gasteiger partial charge in [0.2, 0.25) is 0 Å². The largest absolute Gasteiger partial charge is 0.462 e. The Bertz CT molecular complexity index is 1230. The molecule has 3 aromatic rings. The number of para-hydroxylation sites is 1. The van der Waals surface area contributed by atoms with Crippen molar-refractivity contribution in [2.75, 3.05) is 11.9 Å². The number of nitrogens with one attached hydrogen (secondary N) is 2. The monoisotopic (exact) mass is 465 g/mol. The van der Waals surface area contributed by atoms with Crippen molar-refractivity contribution in [3.8, 4) is 5.69 Å². The number of esters is 1. The van der Waals surface area contributed by atoms with E-state index in [0.29, 0.717) is 22.8 Å². The smallest absolute Gasteiger partial charge is 0.338 e. The molecule has 33 heavy (non-hydrogen) atoms. The molecule has 0 aliphatic carbocycles. The van der Waals surface area contributed by atoms with Crippen LogP contribution in [0.2, 0.25) is 0 Å². The van der Waals surface area contributed by atoms with Crippen molar-refractivity contribution in [2.24, 2.45) is 0 Å². The van der Waals surface area contributed by atoms with E-state index in [1.807, 2.05) is 38.1 Å². The number of hydrogen-bond donors (Lipinski definition) is 2. The zero-order valence-corrected chi connectivity index (χ0v) is 19.3. The lowest BCUT2D eigenvalue weighted by atomic mass is 10.2. The summed E-state index contributed by atoms with van der Waals surface area (Å²) in [5, 5.41) is 5.83. The van der Waals surface area contributed by atoms with Gasteiger partial charge in [0, 0.05) is 17.1 Å². The minimum absolute atomic E-state index is 0.211. The third-order valence-electron chi connectivity index (χ3n) is 5.28. The molecule has 1 aliphatic rings. The van der Waals surface area contributed by atoms with Crippen LogP contribution in [0.5, 0.6) is 0 Å². The van der Waals surface area contributed by atoms with Crippen LogP contribution in [0.3, 0.4) is 0 Å². The van der Waals surface area contributed by atoms with Crippen LogP contribution in [0.1, 0.15) is 34.2 Å². The molecular formula is C25H24FN3O3S. The molecule has 0 saturated carbocycles. The minimum atomic E-state index is -0.459. The number of carbonyl (C=O) groups is 2. The van der Waals surface area contributed by atoms with Crippen molar-refractivity contribution in [3.63, 3.8) is 0 Å². The number of rotatable bonds is 6. The summed E-state index contributed by atoms with van der Waals surface area (Å²) in [7, 11) is 0. The highest BCUT2D eigenvalue weighted by Gasteiger charge is 2.28. The molecule has 0 radical (unpaired) electrons. The Morgan fingerprint density at radius 2 is 1.94 bits per heavy atom. The Kier molecular flexibility index (Phi) is 6.55. The van der Waals surface area contributed by atoms with Gasteiger partial charge in [-0.25, -0.2) is 9.18 Å². The highest BCUT2D eigenvalue weighted by atomic mass is 32.2. The number of thioether (sulfide) groups is 1. The van der Waals surface area contributed by atoms with E-state index in [1.165, 1.54) is 17.8 Å². The van der Waals surface area contributed by atoms with Crippen molar-refractivity contribution < 1.29 is 18.7 Å². The zero-order chi connectivity index (χ0) is 23.5. The van der Waals surface area contributed by atoms with Gasteiger partial charge < -0.3 is 19.9 Å². The predicted molar refractivity (Wildman–Crippen MR) is 129 cm³/mol. The van der Waals surface area contributed by atoms with Crippen LogP contribution >= 0.6 is 11.8 Å². The van der Waals surface area contributed by atoms with Crippen molar-refractivity contribution in [2.45, 2.75) is 26.3 Å². The van der Waals surface area contributed by atoms with Gasteiger partial charge in [-0.15, -0.1) is 0 Å². The van der Waals surface area contributed by atoms with Crippen LogP contribution in [0.25, 0.3) is 11.8 Å². The molecule has 8 heteroatoms. The molecule has 2 N–H and O–H groups in total. The number of hydrogen-bond acceptors (Lipinski definition) is 5. The first-order valence-corrected chi connectivity index (χ1v) is 11.4. The van der Waals surface area contributed by atoms with E-state index in [0.717, 1.165) is 22.6 Å². The minimum Gasteiger partial charge on any atom is -0.462 e. The molecule has 1 fully saturated rings. The molecule has 1 amide bonds.